The van der Waals surface area contributed by atoms with Crippen LogP contribution in [0.4, 0.5) is 4.39 Å². The van der Waals surface area contributed by atoms with E-state index >= 15 is 0 Å². The number of hydrogen-bond acceptors (Lipinski definition) is 3. The van der Waals surface area contributed by atoms with E-state index in [0.717, 1.165) is 0 Å². The topological polar surface area (TPSA) is 55.0 Å². The number of aromatic nitrogens is 2. The Morgan fingerprint density at radius 1 is 1.24 bits per heavy atom. The standard InChI is InChI=1S/C16H13FN2O2/c1-2-21-14-9-10(17)7-8-12(14)15-18-13-6-4-3-5-11(13)16(20)19-15/h3-9H,2H2,1H3,(H,18,19,20). The molecule has 0 radical (unpaired) electrons. The van der Waals surface area contributed by atoms with Gasteiger partial charge in [-0.2, -0.15) is 0 Å². The minimum atomic E-state index is -0.398. The molecule has 0 spiro atoms. The monoisotopic (exact) mass is 284 g/mol. The summed E-state index contributed by atoms with van der Waals surface area (Å²) in [7, 11) is 0. The molecule has 106 valence electrons. The number of nitrogens with one attached hydrogen (secondary N) is 1. The van der Waals surface area contributed by atoms with Crippen LogP contribution in [0.5, 0.6) is 5.75 Å². The van der Waals surface area contributed by atoms with Crippen molar-refractivity contribution in [3.8, 4) is 17.1 Å². The van der Waals surface area contributed by atoms with Crippen LogP contribution >= 0.6 is 0 Å². The molecule has 2 aromatic carbocycles. The fourth-order valence-electron chi connectivity index (χ4n) is 2.18. The first-order valence-electron chi connectivity index (χ1n) is 6.61. The molecule has 1 N–H and O–H groups in total. The Morgan fingerprint density at radius 3 is 2.86 bits per heavy atom. The van der Waals surface area contributed by atoms with Gasteiger partial charge in [-0.15, -0.1) is 0 Å². The molecule has 0 aliphatic rings. The number of benzene rings is 2. The number of nitrogens with zero attached hydrogens (tertiary/aromatic N) is 1. The molecule has 0 bridgehead atoms. The zero-order valence-electron chi connectivity index (χ0n) is 11.4. The van der Waals surface area contributed by atoms with Gasteiger partial charge < -0.3 is 9.72 Å². The summed E-state index contributed by atoms with van der Waals surface area (Å²) < 4.78 is 18.8. The third-order valence-corrected chi connectivity index (χ3v) is 3.11. The van der Waals surface area contributed by atoms with Crippen LogP contribution in [0.3, 0.4) is 0 Å². The molecule has 0 atom stereocenters. The van der Waals surface area contributed by atoms with Crippen molar-refractivity contribution in [2.24, 2.45) is 0 Å². The molecular formula is C16H13FN2O2. The zero-order valence-corrected chi connectivity index (χ0v) is 11.4. The number of para-hydroxylation sites is 1. The van der Waals surface area contributed by atoms with Crippen LogP contribution in [0, 0.1) is 5.82 Å². The van der Waals surface area contributed by atoms with E-state index < -0.39 is 5.82 Å². The summed E-state index contributed by atoms with van der Waals surface area (Å²) in [5.41, 5.74) is 0.909. The van der Waals surface area contributed by atoms with Crippen molar-refractivity contribution < 1.29 is 9.13 Å². The predicted octanol–water partition coefficient (Wildman–Crippen LogP) is 3.13. The van der Waals surface area contributed by atoms with E-state index in [2.05, 4.69) is 9.97 Å². The lowest BCUT2D eigenvalue weighted by atomic mass is 10.1. The molecule has 3 rings (SSSR count). The van der Waals surface area contributed by atoms with E-state index in [9.17, 15) is 9.18 Å². The summed E-state index contributed by atoms with van der Waals surface area (Å²) in [6, 6.07) is 11.2. The molecule has 0 aliphatic carbocycles. The lowest BCUT2D eigenvalue weighted by molar-refractivity contribution is 0.339. The number of aromatic amines is 1. The van der Waals surface area contributed by atoms with E-state index in [4.69, 9.17) is 4.74 Å². The van der Waals surface area contributed by atoms with Crippen LogP contribution in [0.1, 0.15) is 6.92 Å². The molecule has 1 heterocycles. The summed E-state index contributed by atoms with van der Waals surface area (Å²) in [6.07, 6.45) is 0. The molecule has 5 heteroatoms. The minimum Gasteiger partial charge on any atom is -0.493 e. The van der Waals surface area contributed by atoms with Gasteiger partial charge >= 0.3 is 0 Å². The fraction of sp³-hybridized carbons (Fsp3) is 0.125. The molecule has 0 fully saturated rings. The SMILES string of the molecule is CCOc1cc(F)ccc1-c1nc2ccccc2c(=O)[nH]1. The Kier molecular flexibility index (Phi) is 3.39. The van der Waals surface area contributed by atoms with Crippen LogP contribution in [-0.4, -0.2) is 16.6 Å². The highest BCUT2D eigenvalue weighted by Gasteiger charge is 2.11. The quantitative estimate of drug-likeness (QED) is 0.804. The second-order valence-corrected chi connectivity index (χ2v) is 4.51. The van der Waals surface area contributed by atoms with Crippen molar-refractivity contribution >= 4 is 10.9 Å². The molecule has 4 nitrogen and oxygen atoms in total. The Bertz CT molecular complexity index is 858. The maximum Gasteiger partial charge on any atom is 0.259 e. The number of fused-ring (bicyclic) bond motifs is 1. The lowest BCUT2D eigenvalue weighted by Gasteiger charge is -2.10. The van der Waals surface area contributed by atoms with Crippen molar-refractivity contribution in [2.75, 3.05) is 6.61 Å². The van der Waals surface area contributed by atoms with Gasteiger partial charge in [0.25, 0.3) is 5.56 Å². The molecule has 3 aromatic rings. The Morgan fingerprint density at radius 2 is 2.05 bits per heavy atom. The van der Waals surface area contributed by atoms with E-state index in [1.807, 2.05) is 13.0 Å². The van der Waals surface area contributed by atoms with Crippen LogP contribution in [0.2, 0.25) is 0 Å². The third-order valence-electron chi connectivity index (χ3n) is 3.11. The van der Waals surface area contributed by atoms with Crippen LogP contribution in [-0.2, 0) is 0 Å². The smallest absolute Gasteiger partial charge is 0.259 e. The van der Waals surface area contributed by atoms with Crippen molar-refractivity contribution in [1.82, 2.24) is 9.97 Å². The van der Waals surface area contributed by atoms with E-state index in [-0.39, 0.29) is 5.56 Å². The summed E-state index contributed by atoms with van der Waals surface area (Å²) in [6.45, 7) is 2.21. The summed E-state index contributed by atoms with van der Waals surface area (Å²) >= 11 is 0. The highest BCUT2D eigenvalue weighted by molar-refractivity contribution is 5.80. The maximum absolute atomic E-state index is 13.3. The van der Waals surface area contributed by atoms with E-state index in [1.54, 1.807) is 24.3 Å². The lowest BCUT2D eigenvalue weighted by Crippen LogP contribution is -2.10. The van der Waals surface area contributed by atoms with Gasteiger partial charge in [0.1, 0.15) is 17.4 Å². The number of rotatable bonds is 3. The molecule has 0 unspecified atom stereocenters. The first kappa shape index (κ1) is 13.3. The van der Waals surface area contributed by atoms with Gasteiger partial charge in [-0.1, -0.05) is 12.1 Å². The first-order chi connectivity index (χ1) is 10.2. The van der Waals surface area contributed by atoms with Crippen molar-refractivity contribution in [3.05, 3.63) is 58.6 Å². The van der Waals surface area contributed by atoms with Crippen molar-refractivity contribution in [1.29, 1.82) is 0 Å². The largest absolute Gasteiger partial charge is 0.493 e. The number of halogens is 1. The summed E-state index contributed by atoms with van der Waals surface area (Å²) in [5, 5.41) is 0.515. The number of H-pyrrole nitrogens is 1. The first-order valence-corrected chi connectivity index (χ1v) is 6.61. The molecule has 0 saturated carbocycles. The van der Waals surface area contributed by atoms with Gasteiger partial charge in [0, 0.05) is 6.07 Å². The van der Waals surface area contributed by atoms with Gasteiger partial charge in [0.05, 0.1) is 23.1 Å². The fourth-order valence-corrected chi connectivity index (χ4v) is 2.18. The molecule has 21 heavy (non-hydrogen) atoms. The van der Waals surface area contributed by atoms with Gasteiger partial charge in [-0.05, 0) is 31.2 Å². The van der Waals surface area contributed by atoms with E-state index in [1.165, 1.54) is 12.1 Å². The van der Waals surface area contributed by atoms with Gasteiger partial charge in [-0.3, -0.25) is 4.79 Å². The summed E-state index contributed by atoms with van der Waals surface area (Å²) in [5.74, 6) is 0.323. The van der Waals surface area contributed by atoms with Crippen LogP contribution in [0.15, 0.2) is 47.3 Å². The maximum atomic E-state index is 13.3. The predicted molar refractivity (Wildman–Crippen MR) is 78.9 cm³/mol. The van der Waals surface area contributed by atoms with Crippen molar-refractivity contribution in [3.63, 3.8) is 0 Å². The van der Waals surface area contributed by atoms with Crippen molar-refractivity contribution in [2.45, 2.75) is 6.92 Å². The Balaban J connectivity index is 2.23. The van der Waals surface area contributed by atoms with Crippen LogP contribution in [0.25, 0.3) is 22.3 Å². The number of ether oxygens (including phenoxy) is 1. The summed E-state index contributed by atoms with van der Waals surface area (Å²) in [4.78, 5) is 19.2. The number of hydrogen-bond donors (Lipinski definition) is 1. The average molecular weight is 284 g/mol. The van der Waals surface area contributed by atoms with Crippen LogP contribution < -0.4 is 10.3 Å². The minimum absolute atomic E-state index is 0.234. The Labute approximate surface area is 120 Å². The molecule has 0 aliphatic heterocycles. The highest BCUT2D eigenvalue weighted by atomic mass is 19.1. The van der Waals surface area contributed by atoms with Gasteiger partial charge in [-0.25, -0.2) is 9.37 Å². The van der Waals surface area contributed by atoms with Gasteiger partial charge in [0.2, 0.25) is 0 Å². The Hall–Kier alpha value is -2.69. The normalized spacial score (nSPS) is 10.8. The molecule has 0 saturated heterocycles. The third kappa shape index (κ3) is 2.50. The second-order valence-electron chi connectivity index (χ2n) is 4.51. The molecular weight excluding hydrogens is 271 g/mol. The molecule has 0 amide bonds. The second kappa shape index (κ2) is 5.36. The zero-order chi connectivity index (χ0) is 14.8. The van der Waals surface area contributed by atoms with E-state index in [0.29, 0.717) is 34.6 Å². The average Bonchev–Trinajstić information content (AvgIpc) is 2.48. The highest BCUT2D eigenvalue weighted by Crippen LogP contribution is 2.28. The van der Waals surface area contributed by atoms with Gasteiger partial charge in [0.15, 0.2) is 0 Å². The molecule has 1 aromatic heterocycles.